The molecule has 1 atom stereocenters. The molecule has 1 N–H and O–H groups in total. The third-order valence-electron chi connectivity index (χ3n) is 1.84. The average Bonchev–Trinajstić information content (AvgIpc) is 2.03. The molecule has 0 aromatic rings. The molecule has 14 heavy (non-hydrogen) atoms. The Bertz CT molecular complexity index is 226. The number of rotatable bonds is 8. The van der Waals surface area contributed by atoms with Crippen LogP contribution in [0.1, 0.15) is 20.3 Å². The van der Waals surface area contributed by atoms with E-state index in [0.717, 1.165) is 0 Å². The van der Waals surface area contributed by atoms with Crippen molar-refractivity contribution >= 4 is 9.84 Å². The fourth-order valence-electron chi connectivity index (χ4n) is 1.18. The molecule has 0 spiro atoms. The second kappa shape index (κ2) is 7.20. The van der Waals surface area contributed by atoms with Crippen LogP contribution < -0.4 is 5.32 Å². The zero-order valence-electron chi connectivity index (χ0n) is 9.25. The minimum absolute atomic E-state index is 0.205. The Morgan fingerprint density at radius 2 is 2.00 bits per heavy atom. The fraction of sp³-hybridized carbons (Fsp3) is 1.00. The number of nitrogens with one attached hydrogen (secondary N) is 1. The summed E-state index contributed by atoms with van der Waals surface area (Å²) in [6.07, 6.45) is 0.690. The van der Waals surface area contributed by atoms with Crippen molar-refractivity contribution < 1.29 is 13.2 Å². The van der Waals surface area contributed by atoms with Gasteiger partial charge in [0, 0.05) is 25.4 Å². The van der Waals surface area contributed by atoms with Gasteiger partial charge in [-0.3, -0.25) is 0 Å². The van der Waals surface area contributed by atoms with E-state index in [9.17, 15) is 8.42 Å². The van der Waals surface area contributed by atoms with E-state index < -0.39 is 9.84 Å². The summed E-state index contributed by atoms with van der Waals surface area (Å²) in [5.74, 6) is 0.502. The van der Waals surface area contributed by atoms with Crippen molar-refractivity contribution in [2.24, 2.45) is 0 Å². The highest BCUT2D eigenvalue weighted by Crippen LogP contribution is 1.92. The smallest absolute Gasteiger partial charge is 0.151 e. The Labute approximate surface area is 86.9 Å². The van der Waals surface area contributed by atoms with Crippen molar-refractivity contribution in [2.45, 2.75) is 26.3 Å². The molecule has 4 nitrogen and oxygen atoms in total. The molecule has 0 aromatic heterocycles. The molecular formula is C9H21NO3S. The molecule has 0 aromatic carbocycles. The van der Waals surface area contributed by atoms with E-state index in [1.807, 2.05) is 13.8 Å². The highest BCUT2D eigenvalue weighted by molar-refractivity contribution is 7.91. The zero-order valence-corrected chi connectivity index (χ0v) is 10.1. The first-order chi connectivity index (χ1) is 6.52. The van der Waals surface area contributed by atoms with Crippen LogP contribution in [0.15, 0.2) is 0 Å². The largest absolute Gasteiger partial charge is 0.383 e. The van der Waals surface area contributed by atoms with Gasteiger partial charge in [-0.05, 0) is 13.3 Å². The van der Waals surface area contributed by atoms with Gasteiger partial charge in [0.15, 0.2) is 9.84 Å². The van der Waals surface area contributed by atoms with Crippen molar-refractivity contribution in [3.8, 4) is 0 Å². The SMILES string of the molecule is CCCS(=O)(=O)CCNC(C)COC. The third kappa shape index (κ3) is 7.29. The van der Waals surface area contributed by atoms with Gasteiger partial charge < -0.3 is 10.1 Å². The zero-order chi connectivity index (χ0) is 11.0. The Kier molecular flexibility index (Phi) is 7.13. The predicted molar refractivity (Wildman–Crippen MR) is 58.3 cm³/mol. The van der Waals surface area contributed by atoms with Gasteiger partial charge in [-0.25, -0.2) is 8.42 Å². The minimum atomic E-state index is -2.85. The lowest BCUT2D eigenvalue weighted by Gasteiger charge is -2.12. The van der Waals surface area contributed by atoms with Gasteiger partial charge in [0.2, 0.25) is 0 Å². The molecule has 0 saturated carbocycles. The van der Waals surface area contributed by atoms with E-state index in [1.165, 1.54) is 0 Å². The minimum Gasteiger partial charge on any atom is -0.383 e. The molecule has 0 radical (unpaired) electrons. The van der Waals surface area contributed by atoms with E-state index in [0.29, 0.717) is 19.6 Å². The maximum absolute atomic E-state index is 11.3. The highest BCUT2D eigenvalue weighted by atomic mass is 32.2. The van der Waals surface area contributed by atoms with Gasteiger partial charge in [-0.2, -0.15) is 0 Å². The number of sulfone groups is 1. The van der Waals surface area contributed by atoms with E-state index >= 15 is 0 Å². The summed E-state index contributed by atoms with van der Waals surface area (Å²) < 4.78 is 27.5. The third-order valence-corrected chi connectivity index (χ3v) is 3.69. The van der Waals surface area contributed by atoms with Crippen molar-refractivity contribution in [2.75, 3.05) is 31.8 Å². The predicted octanol–water partition coefficient (Wildman–Crippen LogP) is 0.436. The molecule has 0 saturated heterocycles. The quantitative estimate of drug-likeness (QED) is 0.648. The molecule has 0 rings (SSSR count). The van der Waals surface area contributed by atoms with Crippen LogP contribution in [0.4, 0.5) is 0 Å². The van der Waals surface area contributed by atoms with Crippen molar-refractivity contribution in [3.63, 3.8) is 0 Å². The first-order valence-electron chi connectivity index (χ1n) is 4.94. The highest BCUT2D eigenvalue weighted by Gasteiger charge is 2.09. The molecule has 0 heterocycles. The lowest BCUT2D eigenvalue weighted by Crippen LogP contribution is -2.34. The maximum atomic E-state index is 11.3. The maximum Gasteiger partial charge on any atom is 0.151 e. The summed E-state index contributed by atoms with van der Waals surface area (Å²) >= 11 is 0. The Balaban J connectivity index is 3.63. The van der Waals surface area contributed by atoms with Crippen LogP contribution in [0.25, 0.3) is 0 Å². The molecular weight excluding hydrogens is 202 g/mol. The molecule has 0 amide bonds. The Morgan fingerprint density at radius 3 is 2.50 bits per heavy atom. The summed E-state index contributed by atoms with van der Waals surface area (Å²) in [5.41, 5.74) is 0. The Morgan fingerprint density at radius 1 is 1.36 bits per heavy atom. The molecule has 0 aliphatic carbocycles. The number of ether oxygens (including phenoxy) is 1. The lowest BCUT2D eigenvalue weighted by atomic mass is 10.4. The van der Waals surface area contributed by atoms with Gasteiger partial charge in [-0.15, -0.1) is 0 Å². The second-order valence-corrected chi connectivity index (χ2v) is 5.77. The van der Waals surface area contributed by atoms with Crippen LogP contribution in [0.3, 0.4) is 0 Å². The molecule has 5 heteroatoms. The normalized spacial score (nSPS) is 14.2. The van der Waals surface area contributed by atoms with Crippen LogP contribution in [0.2, 0.25) is 0 Å². The van der Waals surface area contributed by atoms with Gasteiger partial charge in [0.05, 0.1) is 12.4 Å². The van der Waals surface area contributed by atoms with Crippen LogP contribution in [-0.4, -0.2) is 46.2 Å². The molecule has 0 aliphatic rings. The monoisotopic (exact) mass is 223 g/mol. The van der Waals surface area contributed by atoms with Crippen LogP contribution in [0.5, 0.6) is 0 Å². The van der Waals surface area contributed by atoms with E-state index in [2.05, 4.69) is 5.32 Å². The van der Waals surface area contributed by atoms with Gasteiger partial charge in [0.1, 0.15) is 0 Å². The molecule has 0 fully saturated rings. The van der Waals surface area contributed by atoms with Crippen molar-refractivity contribution in [1.29, 1.82) is 0 Å². The van der Waals surface area contributed by atoms with Crippen molar-refractivity contribution in [1.82, 2.24) is 5.32 Å². The molecule has 1 unspecified atom stereocenters. The van der Waals surface area contributed by atoms with Crippen LogP contribution in [0, 0.1) is 0 Å². The number of hydrogen-bond donors (Lipinski definition) is 1. The average molecular weight is 223 g/mol. The fourth-order valence-corrected chi connectivity index (χ4v) is 2.44. The number of hydrogen-bond acceptors (Lipinski definition) is 4. The van der Waals surface area contributed by atoms with Crippen LogP contribution >= 0.6 is 0 Å². The molecule has 0 bridgehead atoms. The van der Waals surface area contributed by atoms with E-state index in [-0.39, 0.29) is 17.5 Å². The Hall–Kier alpha value is -0.130. The number of methoxy groups -OCH3 is 1. The van der Waals surface area contributed by atoms with E-state index in [4.69, 9.17) is 4.74 Å². The lowest BCUT2D eigenvalue weighted by molar-refractivity contribution is 0.173. The van der Waals surface area contributed by atoms with Gasteiger partial charge >= 0.3 is 0 Å². The second-order valence-electron chi connectivity index (χ2n) is 3.46. The summed E-state index contributed by atoms with van der Waals surface area (Å²) in [6.45, 7) is 4.95. The van der Waals surface area contributed by atoms with Gasteiger partial charge in [-0.1, -0.05) is 6.92 Å². The molecule has 86 valence electrons. The summed E-state index contributed by atoms with van der Waals surface area (Å²) in [4.78, 5) is 0. The topological polar surface area (TPSA) is 55.4 Å². The standard InChI is InChI=1S/C9H21NO3S/c1-4-6-14(11,12)7-5-10-9(2)8-13-3/h9-10H,4-8H2,1-3H3. The van der Waals surface area contributed by atoms with Gasteiger partial charge in [0.25, 0.3) is 0 Å². The van der Waals surface area contributed by atoms with Crippen molar-refractivity contribution in [3.05, 3.63) is 0 Å². The van der Waals surface area contributed by atoms with Crippen LogP contribution in [-0.2, 0) is 14.6 Å². The first-order valence-corrected chi connectivity index (χ1v) is 6.76. The molecule has 0 aliphatic heterocycles. The summed E-state index contributed by atoms with van der Waals surface area (Å²) in [7, 11) is -1.21. The first kappa shape index (κ1) is 13.9. The summed E-state index contributed by atoms with van der Waals surface area (Å²) in [5, 5.41) is 3.09. The summed E-state index contributed by atoms with van der Waals surface area (Å²) in [6, 6.07) is 0.205. The van der Waals surface area contributed by atoms with E-state index in [1.54, 1.807) is 7.11 Å².